The Morgan fingerprint density at radius 2 is 1.95 bits per heavy atom. The summed E-state index contributed by atoms with van der Waals surface area (Å²) in [6, 6.07) is 4.95. The van der Waals surface area contributed by atoms with E-state index in [1.54, 1.807) is 30.6 Å². The van der Waals surface area contributed by atoms with Crippen molar-refractivity contribution in [1.29, 1.82) is 0 Å². The monoisotopic (exact) mass is 258 g/mol. The molecule has 0 N–H and O–H groups in total. The van der Waals surface area contributed by atoms with Gasteiger partial charge in [-0.1, -0.05) is 0 Å². The Balaban J connectivity index is 1.82. The molecule has 0 atom stereocenters. The van der Waals surface area contributed by atoms with Crippen LogP contribution in [0.15, 0.2) is 30.6 Å². The van der Waals surface area contributed by atoms with Crippen LogP contribution in [0.4, 0.5) is 0 Å². The average molecular weight is 258 g/mol. The van der Waals surface area contributed by atoms with Crippen LogP contribution in [0.1, 0.15) is 16.2 Å². The van der Waals surface area contributed by atoms with Crippen molar-refractivity contribution in [2.75, 3.05) is 6.79 Å². The van der Waals surface area contributed by atoms with Gasteiger partial charge in [0.1, 0.15) is 12.4 Å². The van der Waals surface area contributed by atoms with Crippen LogP contribution in [0.25, 0.3) is 0 Å². The Morgan fingerprint density at radius 1 is 1.21 bits per heavy atom. The van der Waals surface area contributed by atoms with Crippen LogP contribution in [0, 0.1) is 0 Å². The summed E-state index contributed by atoms with van der Waals surface area (Å²) in [7, 11) is 0. The lowest BCUT2D eigenvalue weighted by Crippen LogP contribution is -2.02. The van der Waals surface area contributed by atoms with E-state index in [-0.39, 0.29) is 13.4 Å². The minimum Gasteiger partial charge on any atom is -0.485 e. The Bertz CT molecular complexity index is 601. The second-order valence-electron chi connectivity index (χ2n) is 3.81. The van der Waals surface area contributed by atoms with Gasteiger partial charge in [0, 0.05) is 18.5 Å². The first kappa shape index (κ1) is 11.5. The number of nitrogens with zero attached hydrogens (tertiary/aromatic N) is 2. The molecule has 1 aromatic heterocycles. The largest absolute Gasteiger partial charge is 0.485 e. The fourth-order valence-corrected chi connectivity index (χ4v) is 1.70. The molecule has 0 unspecified atom stereocenters. The molecular formula is C13H10N2O4. The third-order valence-electron chi connectivity index (χ3n) is 2.61. The fraction of sp³-hybridized carbons (Fsp3) is 0.154. The molecule has 6 nitrogen and oxygen atoms in total. The van der Waals surface area contributed by atoms with Gasteiger partial charge in [0.2, 0.25) is 6.79 Å². The molecule has 1 aromatic carbocycles. The number of carbonyl (C=O) groups excluding carboxylic acids is 1. The molecule has 0 fully saturated rings. The van der Waals surface area contributed by atoms with Gasteiger partial charge in [-0.25, -0.2) is 9.97 Å². The van der Waals surface area contributed by atoms with Crippen LogP contribution in [-0.4, -0.2) is 23.0 Å². The predicted octanol–water partition coefficient (Wildman–Crippen LogP) is 1.60. The summed E-state index contributed by atoms with van der Waals surface area (Å²) in [5.41, 5.74) is 0.403. The zero-order valence-corrected chi connectivity index (χ0v) is 9.91. The molecule has 0 aliphatic carbocycles. The molecular weight excluding hydrogens is 248 g/mol. The molecule has 2 heterocycles. The second kappa shape index (κ2) is 4.93. The first-order valence-corrected chi connectivity index (χ1v) is 5.64. The zero-order chi connectivity index (χ0) is 13.1. The van der Waals surface area contributed by atoms with E-state index in [1.807, 2.05) is 0 Å². The lowest BCUT2D eigenvalue weighted by Gasteiger charge is -2.08. The summed E-state index contributed by atoms with van der Waals surface area (Å²) in [6.45, 7) is 0.334. The molecule has 6 heteroatoms. The van der Waals surface area contributed by atoms with Crippen molar-refractivity contribution in [3.8, 4) is 17.2 Å². The molecule has 0 saturated heterocycles. The molecule has 19 heavy (non-hydrogen) atoms. The first-order chi connectivity index (χ1) is 9.36. The molecule has 96 valence electrons. The summed E-state index contributed by atoms with van der Waals surface area (Å²) in [5, 5.41) is 0. The Hall–Kier alpha value is -2.63. The molecule has 0 saturated carbocycles. The highest BCUT2D eigenvalue weighted by Crippen LogP contribution is 2.37. The van der Waals surface area contributed by atoms with Crippen molar-refractivity contribution in [2.45, 2.75) is 6.61 Å². The van der Waals surface area contributed by atoms with Crippen molar-refractivity contribution in [1.82, 2.24) is 9.97 Å². The number of ether oxygens (including phenoxy) is 3. The van der Waals surface area contributed by atoms with Gasteiger partial charge in [0.25, 0.3) is 0 Å². The molecule has 1 aliphatic rings. The van der Waals surface area contributed by atoms with E-state index in [9.17, 15) is 4.79 Å². The van der Waals surface area contributed by atoms with E-state index in [1.165, 1.54) is 0 Å². The standard InChI is InChI=1S/C13H10N2O4/c16-6-9-4-11-12(19-8-18-11)5-10(9)17-7-13-14-2-1-3-15-13/h1-6H,7-8H2. The Labute approximate surface area is 109 Å². The first-order valence-electron chi connectivity index (χ1n) is 5.64. The number of aldehydes is 1. The fourth-order valence-electron chi connectivity index (χ4n) is 1.70. The molecule has 0 spiro atoms. The molecule has 2 aromatic rings. The molecule has 3 rings (SSSR count). The zero-order valence-electron chi connectivity index (χ0n) is 9.91. The van der Waals surface area contributed by atoms with Gasteiger partial charge >= 0.3 is 0 Å². The third-order valence-corrected chi connectivity index (χ3v) is 2.61. The van der Waals surface area contributed by atoms with Crippen LogP contribution in [0.2, 0.25) is 0 Å². The van der Waals surface area contributed by atoms with E-state index in [4.69, 9.17) is 14.2 Å². The number of aromatic nitrogens is 2. The quantitative estimate of drug-likeness (QED) is 0.776. The number of carbonyl (C=O) groups is 1. The molecule has 0 amide bonds. The van der Waals surface area contributed by atoms with Crippen LogP contribution < -0.4 is 14.2 Å². The van der Waals surface area contributed by atoms with Crippen LogP contribution in [0.3, 0.4) is 0 Å². The SMILES string of the molecule is O=Cc1cc2c(cc1OCc1ncccn1)OCO2. The van der Waals surface area contributed by atoms with Crippen LogP contribution >= 0.6 is 0 Å². The van der Waals surface area contributed by atoms with Gasteiger partial charge in [-0.05, 0) is 12.1 Å². The highest BCUT2D eigenvalue weighted by Gasteiger charge is 2.18. The molecule has 1 aliphatic heterocycles. The van der Waals surface area contributed by atoms with Crippen molar-refractivity contribution >= 4 is 6.29 Å². The lowest BCUT2D eigenvalue weighted by molar-refractivity contribution is 0.111. The smallest absolute Gasteiger partial charge is 0.231 e. The van der Waals surface area contributed by atoms with E-state index in [0.29, 0.717) is 34.9 Å². The van der Waals surface area contributed by atoms with Gasteiger partial charge < -0.3 is 14.2 Å². The maximum atomic E-state index is 11.0. The Morgan fingerprint density at radius 3 is 2.68 bits per heavy atom. The maximum Gasteiger partial charge on any atom is 0.231 e. The van der Waals surface area contributed by atoms with E-state index in [0.717, 1.165) is 0 Å². The number of fused-ring (bicyclic) bond motifs is 1. The topological polar surface area (TPSA) is 70.5 Å². The van der Waals surface area contributed by atoms with Gasteiger partial charge in [-0.2, -0.15) is 0 Å². The van der Waals surface area contributed by atoms with E-state index < -0.39 is 0 Å². The predicted molar refractivity (Wildman–Crippen MR) is 64.3 cm³/mol. The molecule has 0 radical (unpaired) electrons. The summed E-state index contributed by atoms with van der Waals surface area (Å²) >= 11 is 0. The summed E-state index contributed by atoms with van der Waals surface area (Å²) in [6.07, 6.45) is 3.97. The Kier molecular flexibility index (Phi) is 2.97. The number of benzene rings is 1. The lowest BCUT2D eigenvalue weighted by atomic mass is 10.2. The van der Waals surface area contributed by atoms with E-state index >= 15 is 0 Å². The number of hydrogen-bond acceptors (Lipinski definition) is 6. The number of rotatable bonds is 4. The minimum absolute atomic E-state index is 0.152. The van der Waals surface area contributed by atoms with Crippen molar-refractivity contribution in [3.63, 3.8) is 0 Å². The van der Waals surface area contributed by atoms with Gasteiger partial charge in [-0.15, -0.1) is 0 Å². The minimum atomic E-state index is 0.152. The summed E-state index contributed by atoms with van der Waals surface area (Å²) in [4.78, 5) is 19.1. The normalized spacial score (nSPS) is 12.2. The van der Waals surface area contributed by atoms with Crippen molar-refractivity contribution in [2.24, 2.45) is 0 Å². The number of hydrogen-bond donors (Lipinski definition) is 0. The summed E-state index contributed by atoms with van der Waals surface area (Å²) in [5.74, 6) is 2.07. The van der Waals surface area contributed by atoms with Crippen LogP contribution in [-0.2, 0) is 6.61 Å². The van der Waals surface area contributed by atoms with Gasteiger partial charge in [0.05, 0.1) is 5.56 Å². The summed E-state index contributed by atoms with van der Waals surface area (Å²) < 4.78 is 16.0. The van der Waals surface area contributed by atoms with E-state index in [2.05, 4.69) is 9.97 Å². The molecule has 0 bridgehead atoms. The van der Waals surface area contributed by atoms with Crippen molar-refractivity contribution in [3.05, 3.63) is 42.0 Å². The third kappa shape index (κ3) is 2.33. The second-order valence-corrected chi connectivity index (χ2v) is 3.81. The highest BCUT2D eigenvalue weighted by molar-refractivity contribution is 5.81. The van der Waals surface area contributed by atoms with Crippen LogP contribution in [0.5, 0.6) is 17.2 Å². The maximum absolute atomic E-state index is 11.0. The van der Waals surface area contributed by atoms with Crippen molar-refractivity contribution < 1.29 is 19.0 Å². The highest BCUT2D eigenvalue weighted by atomic mass is 16.7. The van der Waals surface area contributed by atoms with Gasteiger partial charge in [-0.3, -0.25) is 4.79 Å². The van der Waals surface area contributed by atoms with Gasteiger partial charge in [0.15, 0.2) is 23.6 Å². The average Bonchev–Trinajstić information content (AvgIpc) is 2.92.